The molecule has 1 fully saturated rings. The second kappa shape index (κ2) is 10.5. The number of rotatable bonds is 7. The highest BCUT2D eigenvalue weighted by molar-refractivity contribution is 7.89. The number of carbonyl (C=O) groups is 2. The van der Waals surface area contributed by atoms with Crippen molar-refractivity contribution in [3.8, 4) is 0 Å². The molecule has 2 aromatic rings. The summed E-state index contributed by atoms with van der Waals surface area (Å²) in [5.74, 6) is -0.775. The maximum atomic E-state index is 12.5. The van der Waals surface area contributed by atoms with Crippen molar-refractivity contribution in [1.29, 1.82) is 0 Å². The van der Waals surface area contributed by atoms with Gasteiger partial charge in [0.05, 0.1) is 18.0 Å². The molecule has 0 saturated carbocycles. The number of amides is 2. The Morgan fingerprint density at radius 1 is 1.00 bits per heavy atom. The lowest BCUT2D eigenvalue weighted by Gasteiger charge is -2.36. The first-order valence-corrected chi connectivity index (χ1v) is 12.1. The molecule has 172 valence electrons. The zero-order chi connectivity index (χ0) is 23.3. The fraction of sp³-hybridized carbons (Fsp3) is 0.333. The number of hydrogen-bond donors (Lipinski definition) is 1. The molecule has 1 N–H and O–H groups in total. The largest absolute Gasteiger partial charge is 0.368 e. The second-order valence-electron chi connectivity index (χ2n) is 7.34. The maximum absolute atomic E-state index is 12.5. The van der Waals surface area contributed by atoms with Gasteiger partial charge in [0.15, 0.2) is 0 Å². The van der Waals surface area contributed by atoms with Gasteiger partial charge in [0, 0.05) is 49.0 Å². The van der Waals surface area contributed by atoms with Gasteiger partial charge in [-0.25, -0.2) is 8.42 Å². The third-order valence-electron chi connectivity index (χ3n) is 5.13. The van der Waals surface area contributed by atoms with Crippen molar-refractivity contribution in [3.05, 3.63) is 58.6 Å². The van der Waals surface area contributed by atoms with Crippen molar-refractivity contribution in [1.82, 2.24) is 14.5 Å². The summed E-state index contributed by atoms with van der Waals surface area (Å²) in [4.78, 5) is 28.5. The highest BCUT2D eigenvalue weighted by Crippen LogP contribution is 2.21. The van der Waals surface area contributed by atoms with E-state index in [-0.39, 0.29) is 17.3 Å². The summed E-state index contributed by atoms with van der Waals surface area (Å²) in [6, 6.07) is 13.2. The molecule has 0 aliphatic carbocycles. The van der Waals surface area contributed by atoms with E-state index in [0.29, 0.717) is 36.2 Å². The number of nitrogens with one attached hydrogen (secondary N) is 1. The first-order chi connectivity index (χ1) is 15.2. The Labute approximate surface area is 197 Å². The molecule has 1 aliphatic heterocycles. The molecule has 1 saturated heterocycles. The topological polar surface area (TPSA) is 90.0 Å². The first-order valence-electron chi connectivity index (χ1n) is 9.94. The Morgan fingerprint density at radius 2 is 1.66 bits per heavy atom. The summed E-state index contributed by atoms with van der Waals surface area (Å²) < 4.78 is 26.0. The first kappa shape index (κ1) is 24.3. The SMILES string of the molecule is CN(CC(=O)NCC(=O)N1CCN(c2cccc(Cl)c2)CC1)S(=O)(=O)c1ccc(Cl)cc1. The van der Waals surface area contributed by atoms with Gasteiger partial charge < -0.3 is 15.1 Å². The van der Waals surface area contributed by atoms with E-state index in [1.54, 1.807) is 4.90 Å². The highest BCUT2D eigenvalue weighted by Gasteiger charge is 2.25. The van der Waals surface area contributed by atoms with Crippen LogP contribution in [0, 0.1) is 0 Å². The smallest absolute Gasteiger partial charge is 0.243 e. The van der Waals surface area contributed by atoms with Crippen molar-refractivity contribution in [3.63, 3.8) is 0 Å². The molecule has 3 rings (SSSR count). The molecule has 0 radical (unpaired) electrons. The summed E-state index contributed by atoms with van der Waals surface area (Å²) in [5.41, 5.74) is 1.00. The Bertz CT molecular complexity index is 1070. The minimum atomic E-state index is -3.84. The third-order valence-corrected chi connectivity index (χ3v) is 7.44. The quantitative estimate of drug-likeness (QED) is 0.630. The number of benzene rings is 2. The summed E-state index contributed by atoms with van der Waals surface area (Å²) in [6.07, 6.45) is 0. The van der Waals surface area contributed by atoms with Crippen LogP contribution in [0.4, 0.5) is 5.69 Å². The predicted octanol–water partition coefficient (Wildman–Crippen LogP) is 2.08. The second-order valence-corrected chi connectivity index (χ2v) is 10.3. The van der Waals surface area contributed by atoms with Crippen LogP contribution in [0.1, 0.15) is 0 Å². The number of sulfonamides is 1. The molecule has 0 atom stereocenters. The molecule has 8 nitrogen and oxygen atoms in total. The summed E-state index contributed by atoms with van der Waals surface area (Å²) in [5, 5.41) is 3.58. The highest BCUT2D eigenvalue weighted by atomic mass is 35.5. The molecule has 1 aliphatic rings. The van der Waals surface area contributed by atoms with E-state index in [1.807, 2.05) is 24.3 Å². The van der Waals surface area contributed by atoms with Crippen molar-refractivity contribution in [2.24, 2.45) is 0 Å². The van der Waals surface area contributed by atoms with Crippen LogP contribution in [0.3, 0.4) is 0 Å². The number of hydrogen-bond acceptors (Lipinski definition) is 5. The molecule has 11 heteroatoms. The number of likely N-dealkylation sites (N-methyl/N-ethyl adjacent to an activating group) is 1. The lowest BCUT2D eigenvalue weighted by molar-refractivity contribution is -0.133. The van der Waals surface area contributed by atoms with Gasteiger partial charge in [-0.3, -0.25) is 9.59 Å². The van der Waals surface area contributed by atoms with E-state index in [4.69, 9.17) is 23.2 Å². The number of halogens is 2. The Balaban J connectivity index is 1.45. The zero-order valence-electron chi connectivity index (χ0n) is 17.5. The molecule has 0 unspecified atom stereocenters. The molecular formula is C21H24Cl2N4O4S. The summed E-state index contributed by atoms with van der Waals surface area (Å²) >= 11 is 11.8. The van der Waals surface area contributed by atoms with Crippen LogP contribution in [-0.2, 0) is 19.6 Å². The van der Waals surface area contributed by atoms with E-state index in [1.165, 1.54) is 31.3 Å². The van der Waals surface area contributed by atoms with Gasteiger partial charge in [-0.2, -0.15) is 4.31 Å². The van der Waals surface area contributed by atoms with Crippen LogP contribution in [0.2, 0.25) is 10.0 Å². The molecule has 2 amide bonds. The fourth-order valence-electron chi connectivity index (χ4n) is 3.30. The molecule has 0 spiro atoms. The lowest BCUT2D eigenvalue weighted by atomic mass is 10.2. The zero-order valence-corrected chi connectivity index (χ0v) is 19.8. The molecule has 32 heavy (non-hydrogen) atoms. The van der Waals surface area contributed by atoms with Gasteiger partial charge in [-0.1, -0.05) is 29.3 Å². The van der Waals surface area contributed by atoms with E-state index in [0.717, 1.165) is 9.99 Å². The average molecular weight is 499 g/mol. The van der Waals surface area contributed by atoms with Gasteiger partial charge in [-0.15, -0.1) is 0 Å². The van der Waals surface area contributed by atoms with Gasteiger partial charge in [-0.05, 0) is 42.5 Å². The monoisotopic (exact) mass is 498 g/mol. The maximum Gasteiger partial charge on any atom is 0.243 e. The van der Waals surface area contributed by atoms with Crippen molar-refractivity contribution >= 4 is 50.7 Å². The number of anilines is 1. The van der Waals surface area contributed by atoms with Crippen LogP contribution in [-0.4, -0.2) is 75.8 Å². The van der Waals surface area contributed by atoms with Crippen LogP contribution in [0.5, 0.6) is 0 Å². The summed E-state index contributed by atoms with van der Waals surface area (Å²) in [7, 11) is -2.54. The standard InChI is InChI=1S/C21H24Cl2N4O4S/c1-25(32(30,31)19-7-5-16(22)6-8-19)15-20(28)24-14-21(29)27-11-9-26(10-12-27)18-4-2-3-17(23)13-18/h2-8,13H,9-12,14-15H2,1H3,(H,24,28). The van der Waals surface area contributed by atoms with E-state index >= 15 is 0 Å². The minimum Gasteiger partial charge on any atom is -0.368 e. The van der Waals surface area contributed by atoms with E-state index in [9.17, 15) is 18.0 Å². The average Bonchev–Trinajstić information content (AvgIpc) is 2.78. The van der Waals surface area contributed by atoms with Crippen LogP contribution in [0.15, 0.2) is 53.4 Å². The molecule has 1 heterocycles. The summed E-state index contributed by atoms with van der Waals surface area (Å²) in [6.45, 7) is 1.76. The Kier molecular flexibility index (Phi) is 8.00. The van der Waals surface area contributed by atoms with E-state index in [2.05, 4.69) is 10.2 Å². The Morgan fingerprint density at radius 3 is 2.28 bits per heavy atom. The molecule has 0 aromatic heterocycles. The Hall–Kier alpha value is -2.33. The third kappa shape index (κ3) is 6.13. The number of piperazine rings is 1. The van der Waals surface area contributed by atoms with Gasteiger partial charge >= 0.3 is 0 Å². The van der Waals surface area contributed by atoms with Crippen LogP contribution in [0.25, 0.3) is 0 Å². The van der Waals surface area contributed by atoms with Crippen molar-refractivity contribution in [2.75, 3.05) is 51.2 Å². The molecule has 2 aromatic carbocycles. The predicted molar refractivity (Wildman–Crippen MR) is 125 cm³/mol. The van der Waals surface area contributed by atoms with E-state index < -0.39 is 22.5 Å². The van der Waals surface area contributed by atoms with Gasteiger partial charge in [0.2, 0.25) is 21.8 Å². The van der Waals surface area contributed by atoms with Crippen LogP contribution < -0.4 is 10.2 Å². The van der Waals surface area contributed by atoms with Gasteiger partial charge in [0.1, 0.15) is 0 Å². The molecule has 0 bridgehead atoms. The molecular weight excluding hydrogens is 475 g/mol. The number of carbonyl (C=O) groups excluding carboxylic acids is 2. The van der Waals surface area contributed by atoms with Gasteiger partial charge in [0.25, 0.3) is 0 Å². The fourth-order valence-corrected chi connectivity index (χ4v) is 4.74. The number of nitrogens with zero attached hydrogens (tertiary/aromatic N) is 3. The normalized spacial score (nSPS) is 14.5. The minimum absolute atomic E-state index is 0.0332. The lowest BCUT2D eigenvalue weighted by Crippen LogP contribution is -2.51. The van der Waals surface area contributed by atoms with Crippen molar-refractivity contribution < 1.29 is 18.0 Å². The van der Waals surface area contributed by atoms with Crippen molar-refractivity contribution in [2.45, 2.75) is 4.90 Å². The van der Waals surface area contributed by atoms with Crippen LogP contribution >= 0.6 is 23.2 Å².